The largest absolute Gasteiger partial charge is 0.265 e. The smallest absolute Gasteiger partial charge is 0.0652 e. The lowest BCUT2D eigenvalue weighted by Gasteiger charge is -2.03. The molecule has 64 valence electrons. The first-order chi connectivity index (χ1) is 5.70. The van der Waals surface area contributed by atoms with Gasteiger partial charge >= 0.3 is 0 Å². The topological polar surface area (TPSA) is 12.9 Å². The molecular weight excluding hydrogens is 301 g/mol. The fourth-order valence-electron chi connectivity index (χ4n) is 0.604. The van der Waals surface area contributed by atoms with Gasteiger partial charge in [0.2, 0.25) is 0 Å². The van der Waals surface area contributed by atoms with Gasteiger partial charge in [0, 0.05) is 21.2 Å². The average Bonchev–Trinajstić information content (AvgIpc) is 2.06. The molecule has 0 N–H and O–H groups in total. The fraction of sp³-hybridized carbons (Fsp3) is 0.250. The molecule has 0 spiro atoms. The molecule has 0 aliphatic heterocycles. The quantitative estimate of drug-likeness (QED) is 0.360. The number of rotatable bonds is 2. The van der Waals surface area contributed by atoms with Gasteiger partial charge in [0.1, 0.15) is 0 Å². The van der Waals surface area contributed by atoms with E-state index in [4.69, 9.17) is 12.2 Å². The summed E-state index contributed by atoms with van der Waals surface area (Å²) in [5.41, 5.74) is 0. The van der Waals surface area contributed by atoms with Crippen molar-refractivity contribution in [2.45, 2.75) is 15.7 Å². The van der Waals surface area contributed by atoms with E-state index in [1.165, 1.54) is 4.90 Å². The number of alkyl halides is 1. The van der Waals surface area contributed by atoms with Gasteiger partial charge in [-0.2, -0.15) is 0 Å². The summed E-state index contributed by atoms with van der Waals surface area (Å²) in [7, 11) is 0. The van der Waals surface area contributed by atoms with Crippen LogP contribution >= 0.6 is 46.6 Å². The summed E-state index contributed by atoms with van der Waals surface area (Å²) < 4.78 is 1.44. The Hall–Kier alpha value is 0.320. The van der Waals surface area contributed by atoms with E-state index in [0.29, 0.717) is 3.92 Å². The predicted octanol–water partition coefficient (Wildman–Crippen LogP) is 3.32. The van der Waals surface area contributed by atoms with Crippen LogP contribution < -0.4 is 0 Å². The van der Waals surface area contributed by atoms with Crippen molar-refractivity contribution in [3.05, 3.63) is 24.5 Å². The summed E-state index contributed by atoms with van der Waals surface area (Å²) in [5.74, 6) is 0. The third-order valence-corrected chi connectivity index (χ3v) is 4.33. The van der Waals surface area contributed by atoms with Crippen LogP contribution in [0.15, 0.2) is 29.4 Å². The minimum atomic E-state index is 0.427. The van der Waals surface area contributed by atoms with Crippen LogP contribution in [0.4, 0.5) is 0 Å². The van der Waals surface area contributed by atoms with Crippen LogP contribution in [-0.2, 0) is 0 Å². The highest BCUT2D eigenvalue weighted by Gasteiger charge is 2.05. The molecule has 0 amide bonds. The summed E-state index contributed by atoms with van der Waals surface area (Å²) in [6.07, 6.45) is 3.56. The molecule has 1 heterocycles. The highest BCUT2D eigenvalue weighted by molar-refractivity contribution is 14.1. The second-order valence-electron chi connectivity index (χ2n) is 2.22. The first-order valence-electron chi connectivity index (χ1n) is 3.46. The number of hydrogen-bond donors (Lipinski definition) is 0. The SMILES string of the molecule is CC(I)C(=S)Sc1ccncc1. The van der Waals surface area contributed by atoms with Gasteiger partial charge in [-0.25, -0.2) is 0 Å². The molecule has 0 aliphatic carbocycles. The Kier molecular flexibility index (Phi) is 4.45. The normalized spacial score (nSPS) is 12.5. The number of hydrogen-bond acceptors (Lipinski definition) is 3. The van der Waals surface area contributed by atoms with Crippen LogP contribution in [-0.4, -0.2) is 13.1 Å². The minimum absolute atomic E-state index is 0.427. The van der Waals surface area contributed by atoms with E-state index in [1.807, 2.05) is 12.1 Å². The first-order valence-corrected chi connectivity index (χ1v) is 5.93. The molecule has 1 rings (SSSR count). The van der Waals surface area contributed by atoms with Crippen molar-refractivity contribution < 1.29 is 0 Å². The van der Waals surface area contributed by atoms with Crippen LogP contribution in [0.25, 0.3) is 0 Å². The van der Waals surface area contributed by atoms with E-state index < -0.39 is 0 Å². The van der Waals surface area contributed by atoms with Gasteiger partial charge in [-0.05, 0) is 19.1 Å². The summed E-state index contributed by atoms with van der Waals surface area (Å²) in [6, 6.07) is 3.94. The molecule has 1 unspecified atom stereocenters. The lowest BCUT2D eigenvalue weighted by molar-refractivity contribution is 1.27. The Morgan fingerprint density at radius 3 is 2.67 bits per heavy atom. The van der Waals surface area contributed by atoms with Gasteiger partial charge in [0.05, 0.1) is 4.20 Å². The van der Waals surface area contributed by atoms with Gasteiger partial charge in [-0.3, -0.25) is 4.98 Å². The van der Waals surface area contributed by atoms with E-state index in [1.54, 1.807) is 24.2 Å². The Balaban J connectivity index is 2.59. The number of thiocarbonyl (C=S) groups is 1. The summed E-state index contributed by atoms with van der Waals surface area (Å²) in [6.45, 7) is 2.09. The molecule has 1 aromatic rings. The predicted molar refractivity (Wildman–Crippen MR) is 66.2 cm³/mol. The molecule has 1 nitrogen and oxygen atoms in total. The van der Waals surface area contributed by atoms with Crippen LogP contribution in [0.2, 0.25) is 0 Å². The Morgan fingerprint density at radius 2 is 2.17 bits per heavy atom. The number of nitrogens with zero attached hydrogens (tertiary/aromatic N) is 1. The highest BCUT2D eigenvalue weighted by atomic mass is 127. The third kappa shape index (κ3) is 3.37. The standard InChI is InChI=1S/C8H8INS2/c1-6(9)8(11)12-7-2-4-10-5-3-7/h2-6H,1H3. The maximum Gasteiger partial charge on any atom is 0.0652 e. The molecule has 0 aliphatic rings. The van der Waals surface area contributed by atoms with Crippen molar-refractivity contribution >= 4 is 50.8 Å². The van der Waals surface area contributed by atoms with Crippen LogP contribution in [0.3, 0.4) is 0 Å². The monoisotopic (exact) mass is 309 g/mol. The molecule has 1 aromatic heterocycles. The summed E-state index contributed by atoms with van der Waals surface area (Å²) in [5, 5.41) is 0. The van der Waals surface area contributed by atoms with Crippen molar-refractivity contribution in [2.75, 3.05) is 0 Å². The van der Waals surface area contributed by atoms with Crippen LogP contribution in [0, 0.1) is 0 Å². The van der Waals surface area contributed by atoms with E-state index in [2.05, 4.69) is 34.5 Å². The zero-order chi connectivity index (χ0) is 8.97. The van der Waals surface area contributed by atoms with Gasteiger partial charge in [-0.1, -0.05) is 46.6 Å². The number of thioether (sulfide) groups is 1. The fourth-order valence-corrected chi connectivity index (χ4v) is 1.93. The van der Waals surface area contributed by atoms with Crippen LogP contribution in [0.5, 0.6) is 0 Å². The van der Waals surface area contributed by atoms with Gasteiger partial charge in [0.25, 0.3) is 0 Å². The van der Waals surface area contributed by atoms with Crippen molar-refractivity contribution in [3.63, 3.8) is 0 Å². The Labute approximate surface area is 95.5 Å². The number of halogens is 1. The molecule has 1 atom stereocenters. The van der Waals surface area contributed by atoms with Gasteiger partial charge in [0.15, 0.2) is 0 Å². The minimum Gasteiger partial charge on any atom is -0.265 e. The molecule has 0 radical (unpaired) electrons. The van der Waals surface area contributed by atoms with E-state index in [-0.39, 0.29) is 0 Å². The number of aromatic nitrogens is 1. The molecule has 0 aromatic carbocycles. The van der Waals surface area contributed by atoms with E-state index in [9.17, 15) is 0 Å². The molecule has 4 heteroatoms. The van der Waals surface area contributed by atoms with Crippen molar-refractivity contribution in [1.29, 1.82) is 0 Å². The van der Waals surface area contributed by atoms with E-state index >= 15 is 0 Å². The van der Waals surface area contributed by atoms with Gasteiger partial charge in [-0.15, -0.1) is 0 Å². The van der Waals surface area contributed by atoms with Crippen molar-refractivity contribution in [1.82, 2.24) is 4.98 Å². The molecule has 12 heavy (non-hydrogen) atoms. The molecule has 0 saturated carbocycles. The second-order valence-corrected chi connectivity index (χ2v) is 5.90. The summed E-state index contributed by atoms with van der Waals surface area (Å²) in [4.78, 5) is 5.10. The van der Waals surface area contributed by atoms with Crippen molar-refractivity contribution in [2.24, 2.45) is 0 Å². The Bertz CT molecular complexity index is 261. The first kappa shape index (κ1) is 10.4. The molecule has 0 bridgehead atoms. The zero-order valence-electron chi connectivity index (χ0n) is 6.53. The van der Waals surface area contributed by atoms with Gasteiger partial charge < -0.3 is 0 Å². The molecular formula is C8H8INS2. The third-order valence-electron chi connectivity index (χ3n) is 1.19. The lowest BCUT2D eigenvalue weighted by atomic mass is 10.5. The van der Waals surface area contributed by atoms with Crippen molar-refractivity contribution in [3.8, 4) is 0 Å². The second kappa shape index (κ2) is 5.14. The average molecular weight is 309 g/mol. The zero-order valence-corrected chi connectivity index (χ0v) is 10.3. The lowest BCUT2D eigenvalue weighted by Crippen LogP contribution is -2.00. The molecule has 0 saturated heterocycles. The maximum absolute atomic E-state index is 5.19. The summed E-state index contributed by atoms with van der Waals surface area (Å²) >= 11 is 9.15. The highest BCUT2D eigenvalue weighted by Crippen LogP contribution is 2.23. The van der Waals surface area contributed by atoms with Crippen LogP contribution in [0.1, 0.15) is 6.92 Å². The number of pyridine rings is 1. The Morgan fingerprint density at radius 1 is 1.58 bits per heavy atom. The maximum atomic E-state index is 5.19. The molecule has 0 fully saturated rings. The van der Waals surface area contributed by atoms with E-state index in [0.717, 1.165) is 4.20 Å².